The Morgan fingerprint density at radius 1 is 1.21 bits per heavy atom. The zero-order chi connectivity index (χ0) is 9.76. The molecule has 0 spiro atoms. The van der Waals surface area contributed by atoms with Crippen LogP contribution in [0.4, 0.5) is 0 Å². The van der Waals surface area contributed by atoms with Gasteiger partial charge >= 0.3 is 0 Å². The Hall–Kier alpha value is -0.0800. The first-order valence-corrected chi connectivity index (χ1v) is 6.20. The van der Waals surface area contributed by atoms with Crippen molar-refractivity contribution in [2.75, 3.05) is 6.54 Å². The number of nitrogens with zero attached hydrogens (tertiary/aromatic N) is 1. The molecule has 2 heteroatoms. The molecule has 2 atom stereocenters. The molecule has 2 aliphatic heterocycles. The lowest BCUT2D eigenvalue weighted by atomic mass is 9.62. The topological polar surface area (TPSA) is 23.5 Å². The largest absolute Gasteiger partial charge is 0.376 e. The smallest absolute Gasteiger partial charge is 0.119 e. The van der Waals surface area contributed by atoms with Crippen LogP contribution in [0.2, 0.25) is 0 Å². The van der Waals surface area contributed by atoms with Gasteiger partial charge < -0.3 is 5.11 Å². The minimum absolute atomic E-state index is 0.398. The Kier molecular flexibility index (Phi) is 1.94. The Morgan fingerprint density at radius 2 is 1.86 bits per heavy atom. The standard InChI is InChI=1S/C12H21NO/c1-2-3-13-11-5-9-4-10(6-11)8-12(13,14)7-9/h9-11,14H,2-8H2,1H3. The van der Waals surface area contributed by atoms with Crippen LogP contribution < -0.4 is 0 Å². The van der Waals surface area contributed by atoms with Crippen LogP contribution in [0.3, 0.4) is 0 Å². The molecule has 0 aromatic heterocycles. The maximum Gasteiger partial charge on any atom is 0.119 e. The lowest BCUT2D eigenvalue weighted by molar-refractivity contribution is -0.231. The molecule has 2 heterocycles. The number of hydrogen-bond donors (Lipinski definition) is 1. The summed E-state index contributed by atoms with van der Waals surface area (Å²) in [5.74, 6) is 1.68. The van der Waals surface area contributed by atoms with Crippen molar-refractivity contribution >= 4 is 0 Å². The molecular weight excluding hydrogens is 174 g/mol. The summed E-state index contributed by atoms with van der Waals surface area (Å²) < 4.78 is 0. The Morgan fingerprint density at radius 3 is 2.36 bits per heavy atom. The summed E-state index contributed by atoms with van der Waals surface area (Å²) >= 11 is 0. The minimum Gasteiger partial charge on any atom is -0.376 e. The highest BCUT2D eigenvalue weighted by atomic mass is 16.3. The van der Waals surface area contributed by atoms with E-state index >= 15 is 0 Å². The van der Waals surface area contributed by atoms with Crippen molar-refractivity contribution in [2.24, 2.45) is 11.8 Å². The van der Waals surface area contributed by atoms with E-state index in [-0.39, 0.29) is 0 Å². The highest BCUT2D eigenvalue weighted by Gasteiger charge is 2.54. The molecule has 2 nitrogen and oxygen atoms in total. The number of aliphatic hydroxyl groups is 1. The van der Waals surface area contributed by atoms with Gasteiger partial charge in [0.05, 0.1) is 0 Å². The van der Waals surface area contributed by atoms with E-state index < -0.39 is 5.72 Å². The molecule has 2 saturated heterocycles. The van der Waals surface area contributed by atoms with Gasteiger partial charge in [-0.25, -0.2) is 0 Å². The van der Waals surface area contributed by atoms with E-state index in [0.29, 0.717) is 6.04 Å². The van der Waals surface area contributed by atoms with Gasteiger partial charge in [-0.1, -0.05) is 6.92 Å². The molecule has 0 aromatic carbocycles. The van der Waals surface area contributed by atoms with E-state index in [9.17, 15) is 5.11 Å². The second-order valence-electron chi connectivity index (χ2n) is 5.68. The van der Waals surface area contributed by atoms with Gasteiger partial charge in [0.2, 0.25) is 0 Å². The van der Waals surface area contributed by atoms with Crippen molar-refractivity contribution in [3.05, 3.63) is 0 Å². The van der Waals surface area contributed by atoms with E-state index in [1.54, 1.807) is 0 Å². The van der Waals surface area contributed by atoms with Gasteiger partial charge in [-0.3, -0.25) is 4.90 Å². The highest BCUT2D eigenvalue weighted by Crippen LogP contribution is 2.53. The van der Waals surface area contributed by atoms with Crippen molar-refractivity contribution < 1.29 is 5.11 Å². The summed E-state index contributed by atoms with van der Waals surface area (Å²) in [7, 11) is 0. The Balaban J connectivity index is 1.86. The summed E-state index contributed by atoms with van der Waals surface area (Å²) in [6.07, 6.45) is 7.41. The molecule has 2 aliphatic carbocycles. The minimum atomic E-state index is -0.398. The van der Waals surface area contributed by atoms with Gasteiger partial charge in [-0.05, 0) is 50.4 Å². The molecule has 1 N–H and O–H groups in total. The first kappa shape index (κ1) is 9.17. The maximum absolute atomic E-state index is 10.6. The van der Waals surface area contributed by atoms with Crippen LogP contribution in [0.25, 0.3) is 0 Å². The van der Waals surface area contributed by atoms with Crippen LogP contribution in [0.5, 0.6) is 0 Å². The molecule has 0 aromatic rings. The van der Waals surface area contributed by atoms with Gasteiger partial charge in [0, 0.05) is 12.6 Å². The Bertz CT molecular complexity index is 226. The molecule has 2 unspecified atom stereocenters. The maximum atomic E-state index is 10.6. The van der Waals surface area contributed by atoms with Gasteiger partial charge in [0.1, 0.15) is 5.72 Å². The fraction of sp³-hybridized carbons (Fsp3) is 1.00. The van der Waals surface area contributed by atoms with Crippen molar-refractivity contribution in [1.29, 1.82) is 0 Å². The second-order valence-corrected chi connectivity index (χ2v) is 5.68. The Labute approximate surface area is 86.3 Å². The molecule has 80 valence electrons. The second kappa shape index (κ2) is 2.96. The van der Waals surface area contributed by atoms with E-state index in [0.717, 1.165) is 31.2 Å². The van der Waals surface area contributed by atoms with E-state index in [2.05, 4.69) is 11.8 Å². The molecule has 0 amide bonds. The predicted octanol–water partition coefficient (Wildman–Crippen LogP) is 1.98. The van der Waals surface area contributed by atoms with Crippen LogP contribution in [0.1, 0.15) is 45.4 Å². The van der Waals surface area contributed by atoms with E-state index in [1.807, 2.05) is 0 Å². The van der Waals surface area contributed by atoms with Crippen molar-refractivity contribution in [1.82, 2.24) is 4.90 Å². The molecule has 4 rings (SSSR count). The SMILES string of the molecule is CCCN1C2CC3CC(C2)CC1(O)C3. The molecule has 4 aliphatic rings. The third kappa shape index (κ3) is 1.17. The predicted molar refractivity (Wildman–Crippen MR) is 55.8 cm³/mol. The van der Waals surface area contributed by atoms with Crippen LogP contribution >= 0.6 is 0 Å². The first-order valence-electron chi connectivity index (χ1n) is 6.20. The van der Waals surface area contributed by atoms with Crippen LogP contribution in [-0.2, 0) is 0 Å². The molecule has 4 bridgehead atoms. The van der Waals surface area contributed by atoms with Crippen LogP contribution in [0.15, 0.2) is 0 Å². The molecule has 2 saturated carbocycles. The summed E-state index contributed by atoms with van der Waals surface area (Å²) in [6, 6.07) is 0.714. The quantitative estimate of drug-likeness (QED) is 0.728. The highest BCUT2D eigenvalue weighted by molar-refractivity contribution is 5.04. The van der Waals surface area contributed by atoms with Gasteiger partial charge in [0.15, 0.2) is 0 Å². The summed E-state index contributed by atoms with van der Waals surface area (Å²) in [5.41, 5.74) is -0.398. The third-order valence-corrected chi connectivity index (χ3v) is 4.55. The first-order chi connectivity index (χ1) is 6.71. The van der Waals surface area contributed by atoms with Gasteiger partial charge in [0.25, 0.3) is 0 Å². The molecule has 4 fully saturated rings. The van der Waals surface area contributed by atoms with Crippen molar-refractivity contribution in [3.8, 4) is 0 Å². The monoisotopic (exact) mass is 195 g/mol. The summed E-state index contributed by atoms with van der Waals surface area (Å²) in [5, 5.41) is 10.6. The van der Waals surface area contributed by atoms with Crippen LogP contribution in [0, 0.1) is 11.8 Å². The zero-order valence-electron chi connectivity index (χ0n) is 9.08. The fourth-order valence-corrected chi connectivity index (χ4v) is 4.33. The van der Waals surface area contributed by atoms with Gasteiger partial charge in [-0.2, -0.15) is 0 Å². The van der Waals surface area contributed by atoms with Gasteiger partial charge in [-0.15, -0.1) is 0 Å². The van der Waals surface area contributed by atoms with Crippen LogP contribution in [-0.4, -0.2) is 28.3 Å². The molecular formula is C12H21NO. The van der Waals surface area contributed by atoms with Crippen molar-refractivity contribution in [2.45, 2.75) is 57.2 Å². The lowest BCUT2D eigenvalue weighted by Crippen LogP contribution is -2.66. The normalized spacial score (nSPS) is 51.4. The lowest BCUT2D eigenvalue weighted by Gasteiger charge is -2.61. The molecule has 14 heavy (non-hydrogen) atoms. The zero-order valence-corrected chi connectivity index (χ0v) is 9.08. The third-order valence-electron chi connectivity index (χ3n) is 4.55. The van der Waals surface area contributed by atoms with E-state index in [1.165, 1.54) is 25.7 Å². The fourth-order valence-electron chi connectivity index (χ4n) is 4.33. The van der Waals surface area contributed by atoms with E-state index in [4.69, 9.17) is 0 Å². The molecule has 0 radical (unpaired) electrons. The number of piperidine rings is 2. The summed E-state index contributed by atoms with van der Waals surface area (Å²) in [6.45, 7) is 3.31. The number of rotatable bonds is 2. The average Bonchev–Trinajstić information content (AvgIpc) is 2.09. The number of hydrogen-bond acceptors (Lipinski definition) is 2. The summed E-state index contributed by atoms with van der Waals surface area (Å²) in [4.78, 5) is 2.42. The van der Waals surface area contributed by atoms with Crippen molar-refractivity contribution in [3.63, 3.8) is 0 Å². The average molecular weight is 195 g/mol.